The first kappa shape index (κ1) is 50.8. The van der Waals surface area contributed by atoms with Gasteiger partial charge in [0.2, 0.25) is 11.8 Å². The van der Waals surface area contributed by atoms with Gasteiger partial charge in [-0.15, -0.1) is 5.10 Å². The highest BCUT2D eigenvalue weighted by Crippen LogP contribution is 2.34. The SMILES string of the molecule is CN(CCCC(=O)NCCCCn1nnc2c1CCCCCC2OCCNC(=O)CCCN(C)C[C@H]1O[C@@H](n2cnc3c(N)ncnc32)[C@H](O)[C@@H]1O)C[C@H]1O[C@@H](n2cnc3c(N)ncnc32)[C@H](O)[C@@H]1O. The van der Waals surface area contributed by atoms with Gasteiger partial charge in [-0.2, -0.15) is 0 Å². The smallest absolute Gasteiger partial charge is 0.220 e. The van der Waals surface area contributed by atoms with Gasteiger partial charge in [0.25, 0.3) is 0 Å². The van der Waals surface area contributed by atoms with E-state index in [-0.39, 0.29) is 29.6 Å². The van der Waals surface area contributed by atoms with Crippen LogP contribution in [0.5, 0.6) is 0 Å². The van der Waals surface area contributed by atoms with E-state index in [1.54, 1.807) is 9.13 Å². The van der Waals surface area contributed by atoms with Gasteiger partial charge >= 0.3 is 0 Å². The lowest BCUT2D eigenvalue weighted by atomic mass is 9.99. The number of aryl methyl sites for hydroxylation is 1. The lowest BCUT2D eigenvalue weighted by Crippen LogP contribution is -2.39. The number of aromatic nitrogens is 11. The Hall–Kier alpha value is -5.58. The number of ether oxygens (including phenoxy) is 3. The normalized spacial score (nSPS) is 24.9. The minimum Gasteiger partial charge on any atom is -0.387 e. The van der Waals surface area contributed by atoms with Crippen LogP contribution in [0, 0.1) is 0 Å². The maximum Gasteiger partial charge on any atom is 0.220 e. The molecule has 5 aromatic rings. The predicted molar refractivity (Wildman–Crippen MR) is 251 cm³/mol. The Morgan fingerprint density at radius 2 is 1.29 bits per heavy atom. The molecule has 26 nitrogen and oxygen atoms in total. The fourth-order valence-electron chi connectivity index (χ4n) is 9.46. The molecule has 1 aliphatic carbocycles. The maximum absolute atomic E-state index is 12.7. The summed E-state index contributed by atoms with van der Waals surface area (Å²) >= 11 is 0. The first-order valence-electron chi connectivity index (χ1n) is 24.2. The van der Waals surface area contributed by atoms with Crippen molar-refractivity contribution in [2.75, 3.05) is 71.4 Å². The first-order valence-corrected chi connectivity index (χ1v) is 24.2. The third-order valence-corrected chi connectivity index (χ3v) is 13.3. The minimum absolute atomic E-state index is 0.0305. The number of amides is 2. The van der Waals surface area contributed by atoms with E-state index in [2.05, 4.69) is 50.8 Å². The highest BCUT2D eigenvalue weighted by molar-refractivity contribution is 5.82. The third-order valence-electron chi connectivity index (χ3n) is 13.3. The van der Waals surface area contributed by atoms with Crippen LogP contribution in [0.1, 0.15) is 94.2 Å². The van der Waals surface area contributed by atoms with Crippen molar-refractivity contribution in [2.45, 2.75) is 132 Å². The number of likely N-dealkylation sites (N-methyl/N-ethyl adjacent to an activating group) is 2. The second-order valence-electron chi connectivity index (χ2n) is 18.5. The number of nitrogens with two attached hydrogens (primary N) is 2. The molecule has 2 fully saturated rings. The number of nitrogens with zero attached hydrogens (tertiary/aromatic N) is 13. The molecule has 70 heavy (non-hydrogen) atoms. The Bertz CT molecular complexity index is 2510. The number of aliphatic hydroxyl groups excluding tert-OH is 4. The molecule has 0 aromatic carbocycles. The molecule has 9 atom stereocenters. The van der Waals surface area contributed by atoms with Crippen molar-refractivity contribution in [1.29, 1.82) is 0 Å². The number of nitrogen functional groups attached to an aromatic ring is 2. The van der Waals surface area contributed by atoms with Crippen LogP contribution in [-0.2, 0) is 36.8 Å². The molecule has 0 saturated carbocycles. The molecule has 382 valence electrons. The molecule has 0 radical (unpaired) electrons. The van der Waals surface area contributed by atoms with Crippen molar-refractivity contribution < 1.29 is 44.2 Å². The van der Waals surface area contributed by atoms with Gasteiger partial charge in [-0.3, -0.25) is 18.7 Å². The molecule has 2 amide bonds. The summed E-state index contributed by atoms with van der Waals surface area (Å²) in [5.41, 5.74) is 15.3. The Morgan fingerprint density at radius 3 is 1.86 bits per heavy atom. The van der Waals surface area contributed by atoms with Crippen LogP contribution >= 0.6 is 0 Å². The zero-order chi connectivity index (χ0) is 49.3. The summed E-state index contributed by atoms with van der Waals surface area (Å²) in [5, 5.41) is 58.2. The second kappa shape index (κ2) is 23.6. The number of rotatable bonds is 23. The number of aliphatic hydroxyl groups is 4. The van der Waals surface area contributed by atoms with Crippen molar-refractivity contribution in [3.05, 3.63) is 36.7 Å². The quantitative estimate of drug-likeness (QED) is 0.0363. The summed E-state index contributed by atoms with van der Waals surface area (Å²) in [5.74, 6) is 0.306. The van der Waals surface area contributed by atoms with E-state index in [9.17, 15) is 30.0 Å². The molecule has 8 rings (SSSR count). The number of hydrogen-bond donors (Lipinski definition) is 8. The first-order chi connectivity index (χ1) is 33.9. The molecule has 2 saturated heterocycles. The van der Waals surface area contributed by atoms with Crippen LogP contribution in [0.3, 0.4) is 0 Å². The topological polar surface area (TPSA) is 343 Å². The molecule has 0 spiro atoms. The van der Waals surface area contributed by atoms with Crippen molar-refractivity contribution >= 4 is 45.8 Å². The van der Waals surface area contributed by atoms with E-state index in [1.165, 1.54) is 25.3 Å². The summed E-state index contributed by atoms with van der Waals surface area (Å²) < 4.78 is 23.5. The van der Waals surface area contributed by atoms with Gasteiger partial charge in [0, 0.05) is 45.6 Å². The summed E-state index contributed by atoms with van der Waals surface area (Å²) in [6.45, 7) is 3.78. The van der Waals surface area contributed by atoms with Crippen LogP contribution < -0.4 is 22.1 Å². The Kier molecular flexibility index (Phi) is 17.1. The lowest BCUT2D eigenvalue weighted by Gasteiger charge is -2.22. The van der Waals surface area contributed by atoms with Crippen LogP contribution in [0.15, 0.2) is 25.3 Å². The standard InChI is InChI=1S/C44H67N17O9/c1-57(20-28-35(64)37(66)43(69-28)59-24-53-33-39(45)49-22-51-41(33)59)16-8-12-30(62)47-14-6-7-18-61-26-10-4-3-5-11-27(32(26)55-56-61)68-19-15-48-31(63)13-9-17-58(2)21-29-36(65)38(67)44(70-29)60-25-54-34-40(46)50-23-52-42(34)60/h22-25,27-29,35-38,43-44,64-67H,3-21H2,1-2H3,(H,47,62)(H,48,63)(H2,45,49,51)(H2,46,50,52)/t27?,28-,29-,35-,36-,37-,38-,43-,44-/m1/s1. The summed E-state index contributed by atoms with van der Waals surface area (Å²) in [6, 6.07) is 0. The third kappa shape index (κ3) is 11.9. The highest BCUT2D eigenvalue weighted by atomic mass is 16.6. The van der Waals surface area contributed by atoms with Gasteiger partial charge in [0.05, 0.1) is 25.0 Å². The summed E-state index contributed by atoms with van der Waals surface area (Å²) in [6.07, 6.45) is 5.79. The predicted octanol–water partition coefficient (Wildman–Crippen LogP) is -1.03. The largest absolute Gasteiger partial charge is 0.387 e. The van der Waals surface area contributed by atoms with Crippen molar-refractivity contribution in [3.8, 4) is 0 Å². The molecule has 0 bridgehead atoms. The zero-order valence-electron chi connectivity index (χ0n) is 39.7. The van der Waals surface area contributed by atoms with Crippen molar-refractivity contribution in [1.82, 2.24) is 74.5 Å². The average Bonchev–Trinajstić information content (AvgIpc) is 4.16. The lowest BCUT2D eigenvalue weighted by molar-refractivity contribution is -0.122. The molecule has 2 aliphatic heterocycles. The molecular formula is C44H67N17O9. The number of unbranched alkanes of at least 4 members (excludes halogenated alkanes) is 1. The van der Waals surface area contributed by atoms with E-state index in [4.69, 9.17) is 25.7 Å². The minimum atomic E-state index is -1.20. The molecule has 1 unspecified atom stereocenters. The highest BCUT2D eigenvalue weighted by Gasteiger charge is 2.46. The molecular weight excluding hydrogens is 911 g/mol. The fourth-order valence-corrected chi connectivity index (χ4v) is 9.46. The van der Waals surface area contributed by atoms with Gasteiger partial charge in [-0.25, -0.2) is 34.6 Å². The number of imidazole rings is 2. The number of carbonyl (C=O) groups is 2. The Labute approximate surface area is 404 Å². The number of hydrogen-bond acceptors (Lipinski definition) is 21. The Morgan fingerprint density at radius 1 is 0.729 bits per heavy atom. The molecule has 3 aliphatic rings. The van der Waals surface area contributed by atoms with Crippen LogP contribution in [0.25, 0.3) is 22.3 Å². The second-order valence-corrected chi connectivity index (χ2v) is 18.5. The van der Waals surface area contributed by atoms with E-state index < -0.39 is 49.1 Å². The number of anilines is 2. The van der Waals surface area contributed by atoms with E-state index in [0.29, 0.717) is 100 Å². The number of carbonyl (C=O) groups excluding carboxylic acids is 2. The molecule has 26 heteroatoms. The summed E-state index contributed by atoms with van der Waals surface area (Å²) in [4.78, 5) is 54.1. The van der Waals surface area contributed by atoms with Gasteiger partial charge in [-0.05, 0) is 72.1 Å². The monoisotopic (exact) mass is 978 g/mol. The maximum atomic E-state index is 12.7. The molecule has 5 aromatic heterocycles. The van der Waals surface area contributed by atoms with Gasteiger partial charge in [-0.1, -0.05) is 18.1 Å². The Balaban J connectivity index is 0.680. The molecule has 7 heterocycles. The van der Waals surface area contributed by atoms with Crippen LogP contribution in [0.4, 0.5) is 11.6 Å². The van der Waals surface area contributed by atoms with Crippen LogP contribution in [0.2, 0.25) is 0 Å². The van der Waals surface area contributed by atoms with Crippen LogP contribution in [-0.4, -0.2) is 193 Å². The van der Waals surface area contributed by atoms with E-state index in [0.717, 1.165) is 56.3 Å². The number of nitrogens with one attached hydrogen (secondary N) is 2. The number of fused-ring (bicyclic) bond motifs is 3. The zero-order valence-corrected chi connectivity index (χ0v) is 39.7. The molecule has 10 N–H and O–H groups in total. The van der Waals surface area contributed by atoms with Gasteiger partial charge in [0.1, 0.15) is 72.1 Å². The summed E-state index contributed by atoms with van der Waals surface area (Å²) in [7, 11) is 3.76. The van der Waals surface area contributed by atoms with Crippen molar-refractivity contribution in [2.24, 2.45) is 0 Å². The average molecular weight is 978 g/mol. The van der Waals surface area contributed by atoms with Crippen molar-refractivity contribution in [3.63, 3.8) is 0 Å². The van der Waals surface area contributed by atoms with E-state index >= 15 is 0 Å². The van der Waals surface area contributed by atoms with Gasteiger partial charge in [0.15, 0.2) is 35.4 Å². The van der Waals surface area contributed by atoms with Gasteiger partial charge < -0.3 is 66.5 Å². The van der Waals surface area contributed by atoms with E-state index in [1.807, 2.05) is 28.6 Å². The fraction of sp³-hybridized carbons (Fsp3) is 0.682.